The number of rotatable bonds is 9. The number of hydrogen-bond acceptors (Lipinski definition) is 4. The Kier molecular flexibility index (Phi) is 8.73. The molecule has 3 atom stereocenters. The van der Waals surface area contributed by atoms with Gasteiger partial charge in [-0.15, -0.1) is 0 Å². The molecule has 0 spiro atoms. The van der Waals surface area contributed by atoms with E-state index in [2.05, 4.69) is 5.32 Å². The molecule has 0 fully saturated rings. The zero-order valence-electron chi connectivity index (χ0n) is 16.4. The highest BCUT2D eigenvalue weighted by atomic mass is 19.4. The fourth-order valence-corrected chi connectivity index (χ4v) is 2.59. The lowest BCUT2D eigenvalue weighted by atomic mass is 9.93. The molecule has 174 valence electrons. The number of carbonyl (C=O) groups is 3. The lowest BCUT2D eigenvalue weighted by Gasteiger charge is -2.33. The topological polar surface area (TPSA) is 128 Å². The van der Waals surface area contributed by atoms with E-state index in [0.717, 1.165) is 5.32 Å². The lowest BCUT2D eigenvalue weighted by molar-refractivity contribution is -0.174. The monoisotopic (exact) mass is 455 g/mol. The van der Waals surface area contributed by atoms with Crippen LogP contribution in [0.15, 0.2) is 30.3 Å². The van der Waals surface area contributed by atoms with E-state index in [1.54, 1.807) is 6.07 Å². The van der Waals surface area contributed by atoms with Crippen LogP contribution in [0.3, 0.4) is 0 Å². The van der Waals surface area contributed by atoms with Crippen molar-refractivity contribution in [3.63, 3.8) is 0 Å². The van der Waals surface area contributed by atoms with Crippen molar-refractivity contribution in [2.24, 2.45) is 5.92 Å². The standard InChI is InChI=1S/C18H22F5N3O5/c1-9(2)11(13(27)18(22,23)15(29)24-8-17(19,20)21)25-14(28)12(26-16(30)31)10-6-4-3-5-7-10/h3-7,9,11-13,26-27H,8H2,1-2H3,(H,24,29)(H,25,28)(H,30,31)/t11-,12-,13+/m0/s1. The molecule has 0 aliphatic heterocycles. The van der Waals surface area contributed by atoms with E-state index in [1.807, 2.05) is 5.32 Å². The van der Waals surface area contributed by atoms with Crippen molar-refractivity contribution in [1.82, 2.24) is 16.0 Å². The Morgan fingerprint density at radius 3 is 2.00 bits per heavy atom. The predicted octanol–water partition coefficient (Wildman–Crippen LogP) is 1.81. The maximum Gasteiger partial charge on any atom is 0.405 e. The maximum absolute atomic E-state index is 14.3. The second-order valence-corrected chi connectivity index (χ2v) is 6.94. The van der Waals surface area contributed by atoms with Gasteiger partial charge in [0.25, 0.3) is 5.91 Å². The van der Waals surface area contributed by atoms with Crippen LogP contribution >= 0.6 is 0 Å². The highest BCUT2D eigenvalue weighted by molar-refractivity contribution is 5.87. The summed E-state index contributed by atoms with van der Waals surface area (Å²) in [5.41, 5.74) is 0.161. The van der Waals surface area contributed by atoms with Crippen molar-refractivity contribution in [2.45, 2.75) is 44.1 Å². The third kappa shape index (κ3) is 7.66. The number of aliphatic hydroxyl groups excluding tert-OH is 1. The molecule has 13 heteroatoms. The van der Waals surface area contributed by atoms with Gasteiger partial charge < -0.3 is 26.2 Å². The second kappa shape index (κ2) is 10.4. The molecule has 0 heterocycles. The summed E-state index contributed by atoms with van der Waals surface area (Å²) in [7, 11) is 0. The minimum atomic E-state index is -4.95. The molecule has 0 aliphatic rings. The SMILES string of the molecule is CC(C)[C@H](NC(=O)[C@@H](NC(=O)O)c1ccccc1)[C@@H](O)C(F)(F)C(=O)NCC(F)(F)F. The van der Waals surface area contributed by atoms with Gasteiger partial charge in [-0.1, -0.05) is 44.2 Å². The first-order valence-electron chi connectivity index (χ1n) is 8.92. The number of alkyl halides is 5. The van der Waals surface area contributed by atoms with E-state index in [-0.39, 0.29) is 5.56 Å². The van der Waals surface area contributed by atoms with Gasteiger partial charge in [0.05, 0.1) is 6.04 Å². The van der Waals surface area contributed by atoms with Crippen LogP contribution in [-0.4, -0.2) is 58.9 Å². The highest BCUT2D eigenvalue weighted by Gasteiger charge is 2.52. The van der Waals surface area contributed by atoms with Crippen molar-refractivity contribution < 1.29 is 46.5 Å². The molecule has 0 aromatic heterocycles. The van der Waals surface area contributed by atoms with Crippen LogP contribution in [-0.2, 0) is 9.59 Å². The van der Waals surface area contributed by atoms with E-state index < -0.39 is 60.7 Å². The molecule has 0 aliphatic carbocycles. The zero-order chi connectivity index (χ0) is 24.0. The van der Waals surface area contributed by atoms with Gasteiger partial charge in [-0.3, -0.25) is 9.59 Å². The normalized spacial score (nSPS) is 15.0. The Hall–Kier alpha value is -2.96. The first kappa shape index (κ1) is 26.1. The molecule has 1 rings (SSSR count). The predicted molar refractivity (Wildman–Crippen MR) is 97.1 cm³/mol. The molecule has 0 unspecified atom stereocenters. The fourth-order valence-electron chi connectivity index (χ4n) is 2.59. The summed E-state index contributed by atoms with van der Waals surface area (Å²) in [6.45, 7) is 0.575. The first-order chi connectivity index (χ1) is 14.2. The number of aliphatic hydroxyl groups is 1. The van der Waals surface area contributed by atoms with Crippen LogP contribution in [0, 0.1) is 5.92 Å². The van der Waals surface area contributed by atoms with Gasteiger partial charge in [-0.05, 0) is 11.5 Å². The van der Waals surface area contributed by atoms with E-state index in [1.165, 1.54) is 38.1 Å². The van der Waals surface area contributed by atoms with E-state index in [9.17, 15) is 41.4 Å². The van der Waals surface area contributed by atoms with Crippen molar-refractivity contribution in [2.75, 3.05) is 6.54 Å². The Morgan fingerprint density at radius 1 is 1.00 bits per heavy atom. The van der Waals surface area contributed by atoms with Crippen LogP contribution in [0.5, 0.6) is 0 Å². The summed E-state index contributed by atoms with van der Waals surface area (Å²) >= 11 is 0. The first-order valence-corrected chi connectivity index (χ1v) is 8.92. The summed E-state index contributed by atoms with van der Waals surface area (Å²) in [6, 6.07) is 4.00. The summed E-state index contributed by atoms with van der Waals surface area (Å²) in [4.78, 5) is 35.2. The Balaban J connectivity index is 3.07. The van der Waals surface area contributed by atoms with Gasteiger partial charge in [0, 0.05) is 0 Å². The van der Waals surface area contributed by atoms with Crippen LogP contribution in [0.4, 0.5) is 26.7 Å². The zero-order valence-corrected chi connectivity index (χ0v) is 16.4. The van der Waals surface area contributed by atoms with Crippen LogP contribution in [0.2, 0.25) is 0 Å². The average Bonchev–Trinajstić information content (AvgIpc) is 2.67. The third-order valence-corrected chi connectivity index (χ3v) is 4.15. The molecule has 0 radical (unpaired) electrons. The Morgan fingerprint density at radius 2 is 1.55 bits per heavy atom. The Labute approximate surface area is 173 Å². The fraction of sp³-hybridized carbons (Fsp3) is 0.500. The van der Waals surface area contributed by atoms with Crippen LogP contribution in [0.25, 0.3) is 0 Å². The van der Waals surface area contributed by atoms with E-state index >= 15 is 0 Å². The van der Waals surface area contributed by atoms with E-state index in [4.69, 9.17) is 5.11 Å². The van der Waals surface area contributed by atoms with Crippen molar-refractivity contribution in [3.05, 3.63) is 35.9 Å². The molecular weight excluding hydrogens is 433 g/mol. The summed E-state index contributed by atoms with van der Waals surface area (Å²) in [6.07, 6.45) is -9.44. The van der Waals surface area contributed by atoms with Crippen molar-refractivity contribution >= 4 is 17.9 Å². The molecule has 0 bridgehead atoms. The number of benzene rings is 1. The lowest BCUT2D eigenvalue weighted by Crippen LogP contribution is -2.60. The van der Waals surface area contributed by atoms with Gasteiger partial charge in [-0.25, -0.2) is 4.79 Å². The number of halogens is 5. The number of hydrogen-bond donors (Lipinski definition) is 5. The molecule has 8 nitrogen and oxygen atoms in total. The van der Waals surface area contributed by atoms with Gasteiger partial charge >= 0.3 is 18.2 Å². The van der Waals surface area contributed by atoms with Gasteiger partial charge in [0.15, 0.2) is 0 Å². The van der Waals surface area contributed by atoms with Gasteiger partial charge in [0.1, 0.15) is 18.7 Å². The Bertz CT molecular complexity index is 774. The molecule has 1 aromatic rings. The molecular formula is C18H22F5N3O5. The van der Waals surface area contributed by atoms with Crippen molar-refractivity contribution in [3.8, 4) is 0 Å². The maximum atomic E-state index is 14.3. The van der Waals surface area contributed by atoms with E-state index in [0.29, 0.717) is 0 Å². The minimum absolute atomic E-state index is 0.161. The van der Waals surface area contributed by atoms with Crippen LogP contribution in [0.1, 0.15) is 25.5 Å². The molecule has 3 amide bonds. The summed E-state index contributed by atoms with van der Waals surface area (Å²) in [5, 5.41) is 24.0. The number of amides is 3. The second-order valence-electron chi connectivity index (χ2n) is 6.94. The van der Waals surface area contributed by atoms with Crippen molar-refractivity contribution in [1.29, 1.82) is 0 Å². The molecule has 0 saturated carbocycles. The smallest absolute Gasteiger partial charge is 0.405 e. The minimum Gasteiger partial charge on any atom is -0.465 e. The van der Waals surface area contributed by atoms with Gasteiger partial charge in [0.2, 0.25) is 5.91 Å². The molecule has 31 heavy (non-hydrogen) atoms. The third-order valence-electron chi connectivity index (χ3n) is 4.15. The number of carbonyl (C=O) groups excluding carboxylic acids is 2. The van der Waals surface area contributed by atoms with Gasteiger partial charge in [-0.2, -0.15) is 22.0 Å². The summed E-state index contributed by atoms with van der Waals surface area (Å²) < 4.78 is 65.1. The summed E-state index contributed by atoms with van der Waals surface area (Å²) in [5.74, 6) is -9.09. The number of carboxylic acid groups (broad SMARTS) is 1. The van der Waals surface area contributed by atoms with Crippen LogP contribution < -0.4 is 16.0 Å². The quantitative estimate of drug-likeness (QED) is 0.363. The number of nitrogens with one attached hydrogen (secondary N) is 3. The highest BCUT2D eigenvalue weighted by Crippen LogP contribution is 2.26. The molecule has 5 N–H and O–H groups in total. The molecule has 0 saturated heterocycles. The largest absolute Gasteiger partial charge is 0.465 e. The molecule has 1 aromatic carbocycles. The average molecular weight is 455 g/mol.